The van der Waals surface area contributed by atoms with Gasteiger partial charge in [0.1, 0.15) is 11.7 Å². The summed E-state index contributed by atoms with van der Waals surface area (Å²) in [6.07, 6.45) is -2.04. The normalized spacial score (nSPS) is 16.8. The average Bonchev–Trinajstić information content (AvgIpc) is 3.20. The zero-order valence-electron chi connectivity index (χ0n) is 16.8. The summed E-state index contributed by atoms with van der Waals surface area (Å²) in [5.74, 6) is 1.55. The molecule has 1 N–H and O–H groups in total. The van der Waals surface area contributed by atoms with Gasteiger partial charge in [0, 0.05) is 52.4 Å². The van der Waals surface area contributed by atoms with Crippen molar-refractivity contribution in [3.05, 3.63) is 30.2 Å². The zero-order chi connectivity index (χ0) is 20.9. The molecule has 1 unspecified atom stereocenters. The van der Waals surface area contributed by atoms with Gasteiger partial charge in [0.25, 0.3) is 5.89 Å². The molecule has 0 bridgehead atoms. The summed E-state index contributed by atoms with van der Waals surface area (Å²) in [4.78, 5) is 16.1. The molecule has 1 fully saturated rings. The third-order valence-corrected chi connectivity index (χ3v) is 4.83. The van der Waals surface area contributed by atoms with Crippen LogP contribution in [0.15, 0.2) is 33.9 Å². The van der Waals surface area contributed by atoms with Crippen molar-refractivity contribution in [1.82, 2.24) is 30.2 Å². The van der Waals surface area contributed by atoms with Crippen LogP contribution in [0.25, 0.3) is 11.6 Å². The standard InChI is InChI=1S/C18H24F3N7O.HI/c1-13(18(19,20)21)27-9-11-28(12-10-27)17(22-2)24-8-6-15-25-16(29-26-15)14-5-3-4-7-23-14;/h3-5,7,13H,6,8-12H2,1-2H3,(H,22,24);1H. The third kappa shape index (κ3) is 6.27. The van der Waals surface area contributed by atoms with Crippen LogP contribution in [0.1, 0.15) is 12.7 Å². The number of aromatic nitrogens is 3. The number of nitrogens with zero attached hydrogens (tertiary/aromatic N) is 6. The number of nitrogens with one attached hydrogen (secondary N) is 1. The fourth-order valence-corrected chi connectivity index (χ4v) is 3.10. The van der Waals surface area contributed by atoms with Crippen molar-refractivity contribution in [3.8, 4) is 11.6 Å². The van der Waals surface area contributed by atoms with Gasteiger partial charge in [-0.2, -0.15) is 18.2 Å². The number of aliphatic imine (C=N–C) groups is 1. The van der Waals surface area contributed by atoms with Crippen LogP contribution in [0.2, 0.25) is 0 Å². The summed E-state index contributed by atoms with van der Waals surface area (Å²) in [5.41, 5.74) is 0.612. The highest BCUT2D eigenvalue weighted by molar-refractivity contribution is 14.0. The molecule has 1 aliphatic rings. The van der Waals surface area contributed by atoms with Gasteiger partial charge in [-0.15, -0.1) is 24.0 Å². The Morgan fingerprint density at radius 2 is 2.00 bits per heavy atom. The van der Waals surface area contributed by atoms with Crippen molar-refractivity contribution in [2.45, 2.75) is 25.6 Å². The molecule has 2 aromatic rings. The van der Waals surface area contributed by atoms with Crippen molar-refractivity contribution in [1.29, 1.82) is 0 Å². The molecular weight excluding hydrogens is 514 g/mol. The summed E-state index contributed by atoms with van der Waals surface area (Å²) >= 11 is 0. The molecule has 0 aliphatic carbocycles. The fraction of sp³-hybridized carbons (Fsp3) is 0.556. The highest BCUT2D eigenvalue weighted by Crippen LogP contribution is 2.25. The van der Waals surface area contributed by atoms with Crippen molar-refractivity contribution in [3.63, 3.8) is 0 Å². The molecule has 30 heavy (non-hydrogen) atoms. The lowest BCUT2D eigenvalue weighted by atomic mass is 10.2. The van der Waals surface area contributed by atoms with Gasteiger partial charge in [-0.3, -0.25) is 14.9 Å². The molecule has 166 valence electrons. The Hall–Kier alpha value is -1.96. The first kappa shape index (κ1) is 24.3. The van der Waals surface area contributed by atoms with E-state index in [9.17, 15) is 13.2 Å². The lowest BCUT2D eigenvalue weighted by molar-refractivity contribution is -0.181. The number of rotatable bonds is 5. The van der Waals surface area contributed by atoms with E-state index in [0.717, 1.165) is 0 Å². The Balaban J connectivity index is 0.00000320. The van der Waals surface area contributed by atoms with E-state index in [0.29, 0.717) is 62.5 Å². The van der Waals surface area contributed by atoms with Crippen molar-refractivity contribution in [2.24, 2.45) is 4.99 Å². The predicted molar refractivity (Wildman–Crippen MR) is 117 cm³/mol. The SMILES string of the molecule is CN=C(NCCc1noc(-c2ccccn2)n1)N1CCN(C(C)C(F)(F)F)CC1.I. The van der Waals surface area contributed by atoms with E-state index in [1.54, 1.807) is 25.4 Å². The predicted octanol–water partition coefficient (Wildman–Crippen LogP) is 2.44. The van der Waals surface area contributed by atoms with Crippen LogP contribution in [0.5, 0.6) is 0 Å². The molecule has 0 radical (unpaired) electrons. The first-order valence-electron chi connectivity index (χ1n) is 9.39. The van der Waals surface area contributed by atoms with Gasteiger partial charge in [0.15, 0.2) is 11.8 Å². The lowest BCUT2D eigenvalue weighted by Gasteiger charge is -2.39. The Bertz CT molecular complexity index is 808. The molecule has 8 nitrogen and oxygen atoms in total. The van der Waals surface area contributed by atoms with Gasteiger partial charge < -0.3 is 14.7 Å². The van der Waals surface area contributed by atoms with Crippen molar-refractivity contribution in [2.75, 3.05) is 39.8 Å². The second-order valence-electron chi connectivity index (χ2n) is 6.70. The highest BCUT2D eigenvalue weighted by atomic mass is 127. The first-order chi connectivity index (χ1) is 13.9. The zero-order valence-corrected chi connectivity index (χ0v) is 19.1. The van der Waals surface area contributed by atoms with E-state index in [1.165, 1.54) is 11.8 Å². The van der Waals surface area contributed by atoms with Gasteiger partial charge in [-0.25, -0.2) is 0 Å². The summed E-state index contributed by atoms with van der Waals surface area (Å²) < 4.78 is 43.9. The molecule has 1 atom stereocenters. The number of piperazine rings is 1. The summed E-state index contributed by atoms with van der Waals surface area (Å²) in [7, 11) is 1.65. The van der Waals surface area contributed by atoms with Crippen LogP contribution in [0.3, 0.4) is 0 Å². The molecule has 0 spiro atoms. The number of hydrogen-bond donors (Lipinski definition) is 1. The van der Waals surface area contributed by atoms with Crippen molar-refractivity contribution >= 4 is 29.9 Å². The Morgan fingerprint density at radius 3 is 2.60 bits per heavy atom. The molecule has 1 aliphatic heterocycles. The smallest absolute Gasteiger partial charge is 0.356 e. The molecule has 3 heterocycles. The van der Waals surface area contributed by atoms with Crippen LogP contribution in [-0.2, 0) is 6.42 Å². The quantitative estimate of drug-likeness (QED) is 0.355. The molecule has 12 heteroatoms. The molecule has 1 saturated heterocycles. The second-order valence-corrected chi connectivity index (χ2v) is 6.70. The molecule has 0 aromatic carbocycles. The van der Waals surface area contributed by atoms with Crippen LogP contribution in [0.4, 0.5) is 13.2 Å². The minimum absolute atomic E-state index is 0. The first-order valence-corrected chi connectivity index (χ1v) is 9.39. The van der Waals surface area contributed by atoms with Crippen LogP contribution < -0.4 is 5.32 Å². The summed E-state index contributed by atoms with van der Waals surface area (Å²) in [5, 5.41) is 7.16. The largest absolute Gasteiger partial charge is 0.403 e. The van der Waals surface area contributed by atoms with E-state index in [2.05, 4.69) is 25.4 Å². The molecule has 0 amide bonds. The van der Waals surface area contributed by atoms with E-state index < -0.39 is 12.2 Å². The molecule has 3 rings (SSSR count). The Morgan fingerprint density at radius 1 is 1.27 bits per heavy atom. The number of guanidine groups is 1. The van der Waals surface area contributed by atoms with Crippen LogP contribution >= 0.6 is 24.0 Å². The summed E-state index contributed by atoms with van der Waals surface area (Å²) in [6.45, 7) is 3.34. The summed E-state index contributed by atoms with van der Waals surface area (Å²) in [6, 6.07) is 4.00. The number of pyridine rings is 1. The topological polar surface area (TPSA) is 82.7 Å². The fourth-order valence-electron chi connectivity index (χ4n) is 3.10. The second kappa shape index (κ2) is 10.9. The average molecular weight is 539 g/mol. The van der Waals surface area contributed by atoms with Gasteiger partial charge in [0.05, 0.1) is 0 Å². The lowest BCUT2D eigenvalue weighted by Crippen LogP contribution is -2.56. The van der Waals surface area contributed by atoms with Crippen LogP contribution in [0, 0.1) is 0 Å². The van der Waals surface area contributed by atoms with E-state index >= 15 is 0 Å². The van der Waals surface area contributed by atoms with Gasteiger partial charge >= 0.3 is 6.18 Å². The van der Waals surface area contributed by atoms with E-state index in [-0.39, 0.29) is 24.0 Å². The molecule has 2 aromatic heterocycles. The maximum absolute atomic E-state index is 12.9. The number of halogens is 4. The monoisotopic (exact) mass is 539 g/mol. The van der Waals surface area contributed by atoms with E-state index in [1.807, 2.05) is 11.0 Å². The Kier molecular flexibility index (Phi) is 8.82. The van der Waals surface area contributed by atoms with E-state index in [4.69, 9.17) is 4.52 Å². The minimum atomic E-state index is -4.21. The van der Waals surface area contributed by atoms with Gasteiger partial charge in [-0.05, 0) is 19.1 Å². The maximum atomic E-state index is 12.9. The van der Waals surface area contributed by atoms with Gasteiger partial charge in [-0.1, -0.05) is 11.2 Å². The third-order valence-electron chi connectivity index (χ3n) is 4.83. The van der Waals surface area contributed by atoms with Gasteiger partial charge in [0.2, 0.25) is 0 Å². The minimum Gasteiger partial charge on any atom is -0.356 e. The highest BCUT2D eigenvalue weighted by Gasteiger charge is 2.41. The van der Waals surface area contributed by atoms with Crippen molar-refractivity contribution < 1.29 is 17.7 Å². The van der Waals surface area contributed by atoms with Crippen LogP contribution in [-0.4, -0.2) is 82.9 Å². The maximum Gasteiger partial charge on any atom is 0.403 e. The molecular formula is C18H25F3IN7O. The number of hydrogen-bond acceptors (Lipinski definition) is 6. The molecule has 0 saturated carbocycles. The number of alkyl halides is 3. The Labute approximate surface area is 190 Å².